The smallest absolute Gasteiger partial charge is 0.328 e. The zero-order chi connectivity index (χ0) is 19.0. The Kier molecular flexibility index (Phi) is 8.04. The number of benzene rings is 1. The highest BCUT2D eigenvalue weighted by Crippen LogP contribution is 2.11. The third kappa shape index (κ3) is 6.52. The second kappa shape index (κ2) is 9.76. The van der Waals surface area contributed by atoms with Gasteiger partial charge in [-0.05, 0) is 23.6 Å². The first-order valence-electron chi connectivity index (χ1n) is 8.18. The van der Waals surface area contributed by atoms with Gasteiger partial charge in [0.1, 0.15) is 17.9 Å². The van der Waals surface area contributed by atoms with Crippen LogP contribution in [-0.4, -0.2) is 37.0 Å². The average Bonchev–Trinajstić information content (AvgIpc) is 2.59. The molecule has 0 spiro atoms. The first-order chi connectivity index (χ1) is 11.8. The standard InChI is InChI=1S/C18H25FN2O4/c1-5-11(2)16(18(24)25-4)21-17(23)15(20-12(3)22)10-13-6-8-14(19)9-7-13/h6-9,11,15-16H,5,10H2,1-4H3,(H,20,22)(H,21,23)/t11-,15+,16+/m1/s1. The van der Waals surface area contributed by atoms with Crippen LogP contribution >= 0.6 is 0 Å². The Morgan fingerprint density at radius 2 is 1.76 bits per heavy atom. The molecule has 1 rings (SSSR count). The van der Waals surface area contributed by atoms with E-state index in [1.165, 1.54) is 26.2 Å². The van der Waals surface area contributed by atoms with E-state index < -0.39 is 24.0 Å². The number of ether oxygens (including phenoxy) is 1. The Hall–Kier alpha value is -2.44. The summed E-state index contributed by atoms with van der Waals surface area (Å²) in [6.45, 7) is 5.03. The van der Waals surface area contributed by atoms with Crippen LogP contribution in [0.5, 0.6) is 0 Å². The molecule has 0 aliphatic carbocycles. The molecule has 0 fully saturated rings. The lowest BCUT2D eigenvalue weighted by molar-refractivity contribution is -0.146. The van der Waals surface area contributed by atoms with Crippen LogP contribution in [0.25, 0.3) is 0 Å². The van der Waals surface area contributed by atoms with E-state index in [4.69, 9.17) is 4.74 Å². The number of carbonyl (C=O) groups is 3. The lowest BCUT2D eigenvalue weighted by Gasteiger charge is -2.25. The van der Waals surface area contributed by atoms with Crippen LogP contribution in [0.1, 0.15) is 32.8 Å². The summed E-state index contributed by atoms with van der Waals surface area (Å²) in [5, 5.41) is 5.22. The van der Waals surface area contributed by atoms with Gasteiger partial charge in [0.15, 0.2) is 0 Å². The summed E-state index contributed by atoms with van der Waals surface area (Å²) in [5.74, 6) is -1.91. The number of carbonyl (C=O) groups excluding carboxylic acids is 3. The number of hydrogen-bond acceptors (Lipinski definition) is 4. The predicted octanol–water partition coefficient (Wildman–Crippen LogP) is 1.58. The number of nitrogens with one attached hydrogen (secondary N) is 2. The monoisotopic (exact) mass is 352 g/mol. The van der Waals surface area contributed by atoms with E-state index >= 15 is 0 Å². The Morgan fingerprint density at radius 3 is 2.24 bits per heavy atom. The molecule has 0 saturated heterocycles. The zero-order valence-electron chi connectivity index (χ0n) is 15.0. The molecule has 7 heteroatoms. The summed E-state index contributed by atoms with van der Waals surface area (Å²) >= 11 is 0. The zero-order valence-corrected chi connectivity index (χ0v) is 15.0. The van der Waals surface area contributed by atoms with Crippen LogP contribution in [0.2, 0.25) is 0 Å². The number of methoxy groups -OCH3 is 1. The Morgan fingerprint density at radius 1 is 1.16 bits per heavy atom. The number of amides is 2. The highest BCUT2D eigenvalue weighted by atomic mass is 19.1. The van der Waals surface area contributed by atoms with Gasteiger partial charge in [-0.25, -0.2) is 9.18 Å². The first kappa shape index (κ1) is 20.6. The summed E-state index contributed by atoms with van der Waals surface area (Å²) in [4.78, 5) is 35.9. The van der Waals surface area contributed by atoms with Crippen molar-refractivity contribution in [3.63, 3.8) is 0 Å². The number of hydrogen-bond donors (Lipinski definition) is 2. The normalized spacial score (nSPS) is 14.1. The van der Waals surface area contributed by atoms with Crippen LogP contribution in [0, 0.1) is 11.7 Å². The van der Waals surface area contributed by atoms with Gasteiger partial charge in [0.25, 0.3) is 0 Å². The molecule has 1 aromatic rings. The first-order valence-corrected chi connectivity index (χ1v) is 8.18. The third-order valence-corrected chi connectivity index (χ3v) is 4.01. The summed E-state index contributed by atoms with van der Waals surface area (Å²) < 4.78 is 17.8. The minimum Gasteiger partial charge on any atom is -0.467 e. The topological polar surface area (TPSA) is 84.5 Å². The van der Waals surface area contributed by atoms with E-state index in [0.29, 0.717) is 12.0 Å². The van der Waals surface area contributed by atoms with Gasteiger partial charge in [-0.3, -0.25) is 9.59 Å². The molecule has 0 bridgehead atoms. The van der Waals surface area contributed by atoms with Crippen LogP contribution < -0.4 is 10.6 Å². The van der Waals surface area contributed by atoms with E-state index in [0.717, 1.165) is 0 Å². The maximum Gasteiger partial charge on any atom is 0.328 e. The summed E-state index contributed by atoms with van der Waals surface area (Å²) in [5.41, 5.74) is 0.688. The molecule has 2 amide bonds. The van der Waals surface area contributed by atoms with E-state index in [1.807, 2.05) is 13.8 Å². The van der Waals surface area contributed by atoms with Crippen molar-refractivity contribution < 1.29 is 23.5 Å². The number of esters is 1. The second-order valence-corrected chi connectivity index (χ2v) is 5.98. The second-order valence-electron chi connectivity index (χ2n) is 5.98. The highest BCUT2D eigenvalue weighted by molar-refractivity contribution is 5.90. The van der Waals surface area contributed by atoms with E-state index in [2.05, 4.69) is 10.6 Å². The lowest BCUT2D eigenvalue weighted by atomic mass is 9.98. The molecule has 1 aromatic carbocycles. The maximum atomic E-state index is 13.0. The molecule has 6 nitrogen and oxygen atoms in total. The van der Waals surface area contributed by atoms with Gasteiger partial charge in [-0.2, -0.15) is 0 Å². The average molecular weight is 352 g/mol. The third-order valence-electron chi connectivity index (χ3n) is 4.01. The van der Waals surface area contributed by atoms with E-state index in [-0.39, 0.29) is 24.1 Å². The van der Waals surface area contributed by atoms with Gasteiger partial charge in [-0.15, -0.1) is 0 Å². The van der Waals surface area contributed by atoms with Crippen molar-refractivity contribution in [2.24, 2.45) is 5.92 Å². The molecular formula is C18H25FN2O4. The van der Waals surface area contributed by atoms with Crippen molar-refractivity contribution in [1.29, 1.82) is 0 Å². The van der Waals surface area contributed by atoms with Crippen molar-refractivity contribution in [1.82, 2.24) is 10.6 Å². The summed E-state index contributed by atoms with van der Waals surface area (Å²) in [6, 6.07) is 3.99. The van der Waals surface area contributed by atoms with Gasteiger partial charge in [0.05, 0.1) is 7.11 Å². The molecule has 2 N–H and O–H groups in total. The van der Waals surface area contributed by atoms with Crippen LogP contribution in [0.4, 0.5) is 4.39 Å². The van der Waals surface area contributed by atoms with Gasteiger partial charge in [0.2, 0.25) is 11.8 Å². The molecule has 0 aliphatic heterocycles. The SMILES string of the molecule is CC[C@@H](C)[C@H](NC(=O)[C@H](Cc1ccc(F)cc1)NC(C)=O)C(=O)OC. The summed E-state index contributed by atoms with van der Waals surface area (Å²) in [6.07, 6.45) is 0.850. The maximum absolute atomic E-state index is 13.0. The fourth-order valence-electron chi connectivity index (χ4n) is 2.36. The minimum atomic E-state index is -0.876. The van der Waals surface area contributed by atoms with E-state index in [1.54, 1.807) is 12.1 Å². The molecule has 3 atom stereocenters. The quantitative estimate of drug-likeness (QED) is 0.696. The number of halogens is 1. The molecule has 25 heavy (non-hydrogen) atoms. The fraction of sp³-hybridized carbons (Fsp3) is 0.500. The Labute approximate surface area is 147 Å². The molecule has 0 heterocycles. The fourth-order valence-corrected chi connectivity index (χ4v) is 2.36. The summed E-state index contributed by atoms with van der Waals surface area (Å²) in [7, 11) is 1.26. The predicted molar refractivity (Wildman–Crippen MR) is 91.1 cm³/mol. The van der Waals surface area contributed by atoms with Gasteiger partial charge in [0, 0.05) is 13.3 Å². The van der Waals surface area contributed by atoms with Crippen molar-refractivity contribution >= 4 is 17.8 Å². The molecular weight excluding hydrogens is 327 g/mol. The minimum absolute atomic E-state index is 0.125. The number of rotatable bonds is 8. The van der Waals surface area contributed by atoms with Crippen molar-refractivity contribution in [2.45, 2.75) is 45.7 Å². The van der Waals surface area contributed by atoms with Crippen LogP contribution in [-0.2, 0) is 25.5 Å². The Bertz CT molecular complexity index is 604. The molecule has 0 aliphatic rings. The van der Waals surface area contributed by atoms with Gasteiger partial charge < -0.3 is 15.4 Å². The Balaban J connectivity index is 2.92. The molecule has 0 saturated carbocycles. The van der Waals surface area contributed by atoms with Crippen molar-refractivity contribution in [3.8, 4) is 0 Å². The van der Waals surface area contributed by atoms with E-state index in [9.17, 15) is 18.8 Å². The largest absolute Gasteiger partial charge is 0.467 e. The molecule has 0 radical (unpaired) electrons. The van der Waals surface area contributed by atoms with Crippen LogP contribution in [0.3, 0.4) is 0 Å². The molecule has 138 valence electrons. The molecule has 0 unspecified atom stereocenters. The van der Waals surface area contributed by atoms with Crippen molar-refractivity contribution in [2.75, 3.05) is 7.11 Å². The van der Waals surface area contributed by atoms with Gasteiger partial charge in [-0.1, -0.05) is 32.4 Å². The van der Waals surface area contributed by atoms with Crippen LogP contribution in [0.15, 0.2) is 24.3 Å². The molecule has 0 aromatic heterocycles. The highest BCUT2D eigenvalue weighted by Gasteiger charge is 2.30. The lowest BCUT2D eigenvalue weighted by Crippen LogP contribution is -2.54. The van der Waals surface area contributed by atoms with Gasteiger partial charge >= 0.3 is 5.97 Å². The van der Waals surface area contributed by atoms with Crippen molar-refractivity contribution in [3.05, 3.63) is 35.6 Å².